The molecule has 0 unspecified atom stereocenters. The maximum atomic E-state index is 4.89. The number of aromatic nitrogens is 1. The molecule has 114 valence electrons. The van der Waals surface area contributed by atoms with Crippen LogP contribution in [-0.4, -0.2) is 4.98 Å². The Morgan fingerprint density at radius 3 is 2.23 bits per heavy atom. The Bertz CT molecular complexity index is 792. The molecule has 3 aromatic rings. The molecule has 1 aromatic heterocycles. The van der Waals surface area contributed by atoms with E-state index in [1.54, 1.807) is 0 Å². The van der Waals surface area contributed by atoms with Gasteiger partial charge in [0.25, 0.3) is 0 Å². The van der Waals surface area contributed by atoms with Crippen molar-refractivity contribution < 1.29 is 0 Å². The van der Waals surface area contributed by atoms with Crippen molar-refractivity contribution in [3.63, 3.8) is 0 Å². The van der Waals surface area contributed by atoms with Crippen LogP contribution in [0.1, 0.15) is 51.1 Å². The molecule has 0 bridgehead atoms. The summed E-state index contributed by atoms with van der Waals surface area (Å²) in [4.78, 5) is 4.89. The minimum atomic E-state index is 0.0929. The Morgan fingerprint density at radius 1 is 0.955 bits per heavy atom. The third-order valence-electron chi connectivity index (χ3n) is 3.92. The average Bonchev–Trinajstić information content (AvgIpc) is 2.91. The molecule has 0 fully saturated rings. The topological polar surface area (TPSA) is 12.9 Å². The number of hydrogen-bond donors (Lipinski definition) is 0. The minimum absolute atomic E-state index is 0.0929. The molecule has 0 saturated heterocycles. The van der Waals surface area contributed by atoms with Crippen molar-refractivity contribution in [2.75, 3.05) is 0 Å². The van der Waals surface area contributed by atoms with Gasteiger partial charge in [-0.15, -0.1) is 11.3 Å². The minimum Gasteiger partial charge on any atom is -0.241 e. The summed E-state index contributed by atoms with van der Waals surface area (Å²) >= 11 is 1.85. The standard InChI is InChI=1S/C20H23NS/c1-13(2)15-11-12-16-18(22-19(21-16)20(3,4)5)17(15)14-9-7-6-8-10-14/h6-13H,1-5H3. The molecule has 2 aromatic carbocycles. The van der Waals surface area contributed by atoms with E-state index in [2.05, 4.69) is 77.1 Å². The van der Waals surface area contributed by atoms with E-state index >= 15 is 0 Å². The molecule has 2 heteroatoms. The van der Waals surface area contributed by atoms with Crippen molar-refractivity contribution in [2.45, 2.75) is 46.0 Å². The van der Waals surface area contributed by atoms with Gasteiger partial charge in [-0.3, -0.25) is 0 Å². The Morgan fingerprint density at radius 2 is 1.64 bits per heavy atom. The van der Waals surface area contributed by atoms with E-state index in [4.69, 9.17) is 4.98 Å². The summed E-state index contributed by atoms with van der Waals surface area (Å²) in [5, 5.41) is 1.21. The quantitative estimate of drug-likeness (QED) is 0.535. The fourth-order valence-electron chi connectivity index (χ4n) is 2.71. The largest absolute Gasteiger partial charge is 0.241 e. The molecule has 1 heterocycles. The molecular weight excluding hydrogens is 286 g/mol. The van der Waals surface area contributed by atoms with Crippen LogP contribution in [0, 0.1) is 0 Å². The molecule has 0 amide bonds. The highest BCUT2D eigenvalue weighted by atomic mass is 32.1. The van der Waals surface area contributed by atoms with Crippen molar-refractivity contribution in [3.8, 4) is 11.1 Å². The second kappa shape index (κ2) is 5.51. The molecule has 0 saturated carbocycles. The van der Waals surface area contributed by atoms with Crippen molar-refractivity contribution in [2.24, 2.45) is 0 Å². The smallest absolute Gasteiger partial charge is 0.0992 e. The normalized spacial score (nSPS) is 12.3. The zero-order chi connectivity index (χ0) is 15.9. The lowest BCUT2D eigenvalue weighted by Crippen LogP contribution is -2.09. The van der Waals surface area contributed by atoms with Gasteiger partial charge in [-0.2, -0.15) is 0 Å². The lowest BCUT2D eigenvalue weighted by Gasteiger charge is -2.14. The molecule has 0 atom stereocenters. The fourth-order valence-corrected chi connectivity index (χ4v) is 3.91. The number of nitrogens with zero attached hydrogens (tertiary/aromatic N) is 1. The van der Waals surface area contributed by atoms with Crippen molar-refractivity contribution in [1.82, 2.24) is 4.98 Å². The van der Waals surface area contributed by atoms with Gasteiger partial charge in [-0.1, -0.05) is 71.0 Å². The molecule has 0 aliphatic rings. The number of rotatable bonds is 2. The summed E-state index contributed by atoms with van der Waals surface area (Å²) in [7, 11) is 0. The first-order valence-electron chi connectivity index (χ1n) is 7.87. The number of hydrogen-bond acceptors (Lipinski definition) is 2. The van der Waals surface area contributed by atoms with E-state index in [1.807, 2.05) is 11.3 Å². The Labute approximate surface area is 137 Å². The monoisotopic (exact) mass is 309 g/mol. The first-order chi connectivity index (χ1) is 10.4. The number of benzene rings is 2. The van der Waals surface area contributed by atoms with E-state index in [1.165, 1.54) is 26.4 Å². The van der Waals surface area contributed by atoms with Crippen LogP contribution in [0.2, 0.25) is 0 Å². The van der Waals surface area contributed by atoms with Crippen LogP contribution >= 0.6 is 11.3 Å². The van der Waals surface area contributed by atoms with Gasteiger partial charge in [0.2, 0.25) is 0 Å². The van der Waals surface area contributed by atoms with Gasteiger partial charge in [0.15, 0.2) is 0 Å². The molecule has 22 heavy (non-hydrogen) atoms. The molecule has 0 N–H and O–H groups in total. The first kappa shape index (κ1) is 15.2. The van der Waals surface area contributed by atoms with Gasteiger partial charge >= 0.3 is 0 Å². The van der Waals surface area contributed by atoms with E-state index in [-0.39, 0.29) is 5.41 Å². The van der Waals surface area contributed by atoms with E-state index in [0.717, 1.165) is 5.52 Å². The van der Waals surface area contributed by atoms with Crippen LogP contribution in [0.3, 0.4) is 0 Å². The third-order valence-corrected chi connectivity index (χ3v) is 5.43. The van der Waals surface area contributed by atoms with Gasteiger partial charge in [-0.05, 0) is 23.1 Å². The SMILES string of the molecule is CC(C)c1ccc2nc(C(C)(C)C)sc2c1-c1ccccc1. The average molecular weight is 309 g/mol. The fraction of sp³-hybridized carbons (Fsp3) is 0.350. The summed E-state index contributed by atoms with van der Waals surface area (Å²) in [6.07, 6.45) is 0. The zero-order valence-corrected chi connectivity index (χ0v) is 14.8. The Balaban J connectivity index is 2.34. The Kier molecular flexibility index (Phi) is 3.82. The van der Waals surface area contributed by atoms with Crippen molar-refractivity contribution >= 4 is 21.6 Å². The highest BCUT2D eigenvalue weighted by Crippen LogP contribution is 2.41. The molecular formula is C20H23NS. The maximum Gasteiger partial charge on any atom is 0.0992 e. The van der Waals surface area contributed by atoms with E-state index < -0.39 is 0 Å². The molecule has 0 aliphatic heterocycles. The van der Waals surface area contributed by atoms with Crippen LogP contribution < -0.4 is 0 Å². The van der Waals surface area contributed by atoms with Gasteiger partial charge in [0.05, 0.1) is 15.2 Å². The number of fused-ring (bicyclic) bond motifs is 1. The van der Waals surface area contributed by atoms with Gasteiger partial charge in [0.1, 0.15) is 0 Å². The highest BCUT2D eigenvalue weighted by molar-refractivity contribution is 7.19. The van der Waals surface area contributed by atoms with Crippen molar-refractivity contribution in [3.05, 3.63) is 53.0 Å². The van der Waals surface area contributed by atoms with Gasteiger partial charge in [-0.25, -0.2) is 4.98 Å². The summed E-state index contributed by atoms with van der Waals surface area (Å²) in [5.74, 6) is 0.500. The molecule has 0 spiro atoms. The van der Waals surface area contributed by atoms with Crippen LogP contribution in [0.15, 0.2) is 42.5 Å². The second-order valence-corrected chi connectivity index (χ2v) is 8.17. The highest BCUT2D eigenvalue weighted by Gasteiger charge is 2.22. The predicted octanol–water partition coefficient (Wildman–Crippen LogP) is 6.38. The molecule has 0 aliphatic carbocycles. The van der Waals surface area contributed by atoms with E-state index in [9.17, 15) is 0 Å². The second-order valence-electron chi connectivity index (χ2n) is 7.17. The van der Waals surface area contributed by atoms with Gasteiger partial charge < -0.3 is 0 Å². The summed E-state index contributed by atoms with van der Waals surface area (Å²) in [6, 6.07) is 15.2. The predicted molar refractivity (Wildman–Crippen MR) is 97.8 cm³/mol. The van der Waals surface area contributed by atoms with Crippen molar-refractivity contribution in [1.29, 1.82) is 0 Å². The molecule has 3 rings (SSSR count). The summed E-state index contributed by atoms with van der Waals surface area (Å²) < 4.78 is 1.32. The lowest BCUT2D eigenvalue weighted by molar-refractivity contribution is 0.587. The number of thiazole rings is 1. The van der Waals surface area contributed by atoms with Crippen LogP contribution in [0.25, 0.3) is 21.3 Å². The van der Waals surface area contributed by atoms with Crippen LogP contribution in [0.4, 0.5) is 0 Å². The third kappa shape index (κ3) is 2.68. The summed E-state index contributed by atoms with van der Waals surface area (Å²) in [5.41, 5.74) is 5.28. The van der Waals surface area contributed by atoms with Crippen LogP contribution in [0.5, 0.6) is 0 Å². The lowest BCUT2D eigenvalue weighted by atomic mass is 9.92. The molecule has 0 radical (unpaired) electrons. The van der Waals surface area contributed by atoms with Gasteiger partial charge in [0, 0.05) is 11.0 Å². The molecule has 1 nitrogen and oxygen atoms in total. The first-order valence-corrected chi connectivity index (χ1v) is 8.69. The van der Waals surface area contributed by atoms with Crippen LogP contribution in [-0.2, 0) is 5.41 Å². The summed E-state index contributed by atoms with van der Waals surface area (Å²) in [6.45, 7) is 11.2. The van der Waals surface area contributed by atoms with E-state index in [0.29, 0.717) is 5.92 Å². The zero-order valence-electron chi connectivity index (χ0n) is 14.0. The maximum absolute atomic E-state index is 4.89. The Hall–Kier alpha value is -1.67.